The van der Waals surface area contributed by atoms with E-state index in [0.717, 1.165) is 36.3 Å². The van der Waals surface area contributed by atoms with Crippen LogP contribution in [-0.2, 0) is 115 Å². The molecule has 8 rings (SSSR count). The molecule has 11 atom stereocenters. The molecule has 36 heteroatoms. The lowest BCUT2D eigenvalue weighted by Gasteiger charge is -2.37. The number of aliphatic carboxylic acids is 1. The monoisotopic (exact) mass is 1840 g/mol. The Hall–Kier alpha value is -13.2. The van der Waals surface area contributed by atoms with Crippen LogP contribution in [0.1, 0.15) is 126 Å². The number of hydrogen-bond acceptors (Lipinski definition) is 19. The van der Waals surface area contributed by atoms with Crippen LogP contribution in [0.4, 0.5) is 13.2 Å². The minimum Gasteiger partial charge on any atom is -0.508 e. The van der Waals surface area contributed by atoms with Crippen LogP contribution in [-0.4, -0.2) is 254 Å². The number of carboxylic acids is 1. The predicted octanol–water partition coefficient (Wildman–Crippen LogP) is 6.10. The van der Waals surface area contributed by atoms with Crippen LogP contribution in [0.5, 0.6) is 5.75 Å². The Labute approximate surface area is 769 Å². The molecule has 2 aromatic heterocycles. The van der Waals surface area contributed by atoms with Gasteiger partial charge in [-0.1, -0.05) is 138 Å². The first-order valence-electron chi connectivity index (χ1n) is 43.9. The van der Waals surface area contributed by atoms with E-state index in [1.54, 1.807) is 126 Å². The smallest absolute Gasteiger partial charge is 0.304 e. The minimum absolute atomic E-state index is 0.0347. The van der Waals surface area contributed by atoms with Gasteiger partial charge in [0.25, 0.3) is 0 Å². The highest BCUT2D eigenvalue weighted by Crippen LogP contribution is 2.29. The first-order valence-corrected chi connectivity index (χ1v) is 45.0. The summed E-state index contributed by atoms with van der Waals surface area (Å²) >= 11 is 0.733. The van der Waals surface area contributed by atoms with Crippen molar-refractivity contribution < 1.29 is 100 Å². The number of pyridine rings is 1. The highest BCUT2D eigenvalue weighted by Gasteiger charge is 2.43. The number of aromatic nitrogens is 2. The van der Waals surface area contributed by atoms with Crippen LogP contribution in [0, 0.1) is 47.0 Å². The zero-order valence-electron chi connectivity index (χ0n) is 75.8. The molecule has 5 aromatic carbocycles. The number of ketones is 3. The van der Waals surface area contributed by atoms with Crippen LogP contribution in [0.2, 0.25) is 0 Å². The molecule has 0 radical (unpaired) electrons. The second kappa shape index (κ2) is 50.3. The number of halogens is 3. The second-order valence-electron chi connectivity index (χ2n) is 34.4. The highest BCUT2D eigenvalue weighted by molar-refractivity contribution is 8.00. The summed E-state index contributed by atoms with van der Waals surface area (Å²) < 4.78 is 45.0. The van der Waals surface area contributed by atoms with Crippen molar-refractivity contribution >= 4 is 117 Å². The number of likely N-dealkylation sites (N-methyl/N-ethyl adjacent to an activating group) is 5. The second-order valence-corrected chi connectivity index (χ2v) is 35.4. The van der Waals surface area contributed by atoms with E-state index < -0.39 is 253 Å². The molecule has 3 heterocycles. The lowest BCUT2D eigenvalue weighted by molar-refractivity contribution is -0.151. The molecule has 0 aliphatic carbocycles. The normalized spacial score (nSPS) is 21.9. The largest absolute Gasteiger partial charge is 0.508 e. The van der Waals surface area contributed by atoms with Crippen LogP contribution in [0.25, 0.3) is 10.9 Å². The molecule has 7 aromatic rings. The average molecular weight is 1850 g/mol. The zero-order chi connectivity index (χ0) is 96.7. The van der Waals surface area contributed by atoms with E-state index in [0.29, 0.717) is 63.7 Å². The van der Waals surface area contributed by atoms with Gasteiger partial charge >= 0.3 is 5.97 Å². The molecule has 1 fully saturated rings. The summed E-state index contributed by atoms with van der Waals surface area (Å²) in [5.41, 5.74) is 8.40. The van der Waals surface area contributed by atoms with Crippen molar-refractivity contribution in [3.8, 4) is 5.75 Å². The number of rotatable bonds is 24. The molecule has 1 aliphatic heterocycles. The van der Waals surface area contributed by atoms with Gasteiger partial charge in [-0.05, 0) is 107 Å². The average Bonchev–Trinajstić information content (AvgIpc) is 1.03. The third kappa shape index (κ3) is 31.0. The minimum atomic E-state index is -1.85. The Bertz CT molecular complexity index is 5210. The topological polar surface area (TPSA) is 457 Å². The van der Waals surface area contributed by atoms with Crippen molar-refractivity contribution in [3.63, 3.8) is 0 Å². The number of Topliss-reactive ketones (excluding diaryl/α,β-unsaturated/α-hetero) is 3. The zero-order valence-corrected chi connectivity index (χ0v) is 76.6. The van der Waals surface area contributed by atoms with Crippen molar-refractivity contribution in [2.24, 2.45) is 35.3 Å². The van der Waals surface area contributed by atoms with Crippen molar-refractivity contribution in [1.29, 1.82) is 0 Å². The number of aromatic amines is 1. The molecule has 132 heavy (non-hydrogen) atoms. The fraction of sp³-hybridized carbons (Fsp3) is 0.448. The third-order valence-corrected chi connectivity index (χ3v) is 24.3. The number of unbranched alkanes of at least 4 members (excludes halogenated alkanes) is 1. The molecule has 0 unspecified atom stereocenters. The number of benzene rings is 5. The summed E-state index contributed by atoms with van der Waals surface area (Å²) in [4.78, 5) is 247. The molecular weight excluding hydrogens is 1730 g/mol. The van der Waals surface area contributed by atoms with E-state index in [1.165, 1.54) is 71.9 Å². The summed E-state index contributed by atoms with van der Waals surface area (Å²) in [5.74, 6) is -25.9. The molecule has 1 saturated heterocycles. The summed E-state index contributed by atoms with van der Waals surface area (Å²) in [6, 6.07) is 21.8. The number of phenols is 1. The fourth-order valence-electron chi connectivity index (χ4n) is 15.8. The van der Waals surface area contributed by atoms with Gasteiger partial charge in [0.2, 0.25) is 70.9 Å². The molecule has 1 aliphatic rings. The van der Waals surface area contributed by atoms with Crippen molar-refractivity contribution in [3.05, 3.63) is 203 Å². The number of carbonyl (C=O) groups is 16. The molecule has 708 valence electrons. The number of carboxylic acid groups (broad SMARTS) is 1. The summed E-state index contributed by atoms with van der Waals surface area (Å²) in [7, 11) is 6.36. The summed E-state index contributed by atoms with van der Waals surface area (Å²) in [5, 5.41) is 37.8. The first-order chi connectivity index (χ1) is 62.7. The van der Waals surface area contributed by atoms with Gasteiger partial charge in [-0.2, -0.15) is 0 Å². The lowest BCUT2D eigenvalue weighted by atomic mass is 9.83. The van der Waals surface area contributed by atoms with Gasteiger partial charge in [0.15, 0.2) is 29.0 Å². The molecule has 32 nitrogen and oxygen atoms in total. The van der Waals surface area contributed by atoms with Crippen LogP contribution >= 0.6 is 11.8 Å². The maximum atomic E-state index is 15.5. The Morgan fingerprint density at radius 1 is 0.538 bits per heavy atom. The predicted molar refractivity (Wildman–Crippen MR) is 486 cm³/mol. The standard InChI is InChI=1S/C96H119F3N14O18S/c1-11-12-27-78-95(130)109(6)52-67(115)47-63(48-86(121)122)82(117)49-69(57(4)5)92(127)112(9)79(44-58-21-15-13-16-22-58)91(126)107-75(42-60-28-30-66(114)31-29-60)93(128)110(7)53-84(119)103-51-65(46-64-50-102-72-26-20-19-25-68(64)72)88(123)105-74(41-61-34-36-101-37-35-61)90(125)106-73(38-56(2)3)89(124)108-77(81(116)32-33-83(100)118)54-132-55-85(120)104-76(43-62-39-70(97)87(99)71(98)40-62)94(129)113(10)80(96(131)111(78)8)45-59-23-17-14-18-24-59/h13-26,28-31,34-37,39-40,50,56-57,63,65,69,73-80,102,114H,11-12,27,32-33,38,41-49,51-55H2,1-10H3,(H2,100,118)(H,103,119)(H,104,120)(H,105,123)(H,106,125)(H,107,126)(H,108,124)(H,121,122)/t63-,65+,69-,73-,74-,75-,76-,77-,78-,79-,80-/m0/s1. The van der Waals surface area contributed by atoms with Gasteiger partial charge in [0.05, 0.1) is 37.2 Å². The maximum absolute atomic E-state index is 15.5. The van der Waals surface area contributed by atoms with E-state index in [9.17, 15) is 53.0 Å². The number of nitrogens with zero attached hydrogens (tertiary/aromatic N) is 6. The van der Waals surface area contributed by atoms with E-state index >= 15 is 47.1 Å². The Balaban J connectivity index is 1.21. The molecule has 0 spiro atoms. The number of nitrogens with one attached hydrogen (secondary N) is 7. The number of primary amides is 1. The van der Waals surface area contributed by atoms with Gasteiger partial charge in [0, 0.05) is 147 Å². The van der Waals surface area contributed by atoms with Crippen LogP contribution < -0.4 is 37.6 Å². The number of carbonyl (C=O) groups excluding carboxylic acids is 15. The van der Waals surface area contributed by atoms with E-state index in [4.69, 9.17) is 5.73 Å². The van der Waals surface area contributed by atoms with Crippen molar-refractivity contribution in [1.82, 2.24) is 66.4 Å². The molecule has 11 N–H and O–H groups in total. The molecule has 0 bridgehead atoms. The number of nitrogens with two attached hydrogens (primary N) is 1. The van der Waals surface area contributed by atoms with Crippen molar-refractivity contribution in [2.45, 2.75) is 179 Å². The summed E-state index contributed by atoms with van der Waals surface area (Å²) in [6.07, 6.45) is 0.163. The quantitative estimate of drug-likeness (QED) is 0.0306. The lowest BCUT2D eigenvalue weighted by Crippen LogP contribution is -2.58. The number of H-pyrrole nitrogens is 1. The Kier molecular flexibility index (Phi) is 39.7. The molecule has 12 amide bonds. The van der Waals surface area contributed by atoms with Gasteiger partial charge in [-0.3, -0.25) is 81.7 Å². The number of phenolic OH excluding ortho intramolecular Hbond substituents is 1. The SMILES string of the molecule is CCCC[C@H]1C(=O)N(C)CC(=O)C[C@@H](CC(=O)O)C(=O)C[C@@H](C(C)C)C(=O)N(C)[C@@H](Cc2ccccc2)C(=O)N[C@@H](Cc2ccc(O)cc2)C(=O)N(C)CC(=O)NC[C@@H](Cc2c[nH]c3ccccc23)C(=O)N[C@@H](Cc2ccncc2)C(=O)N[C@@H](CC(C)C)C(=O)N[C@H](C(=O)CCC(N)=O)CSCC(=O)N[C@@H](Cc2cc(F)c(F)c(F)c2)C(=O)N(C)[C@@H](Cc2ccccc2)C(=O)N1C. The summed E-state index contributed by atoms with van der Waals surface area (Å²) in [6.45, 7) is 6.67. The number of para-hydroxylation sites is 1. The molecule has 0 saturated carbocycles. The van der Waals surface area contributed by atoms with Gasteiger partial charge in [-0.15, -0.1) is 11.8 Å². The number of hydrogen-bond donors (Lipinski definition) is 10. The van der Waals surface area contributed by atoms with E-state index in [-0.39, 0.29) is 62.2 Å². The third-order valence-electron chi connectivity index (χ3n) is 23.3. The number of aromatic hydroxyl groups is 1. The Morgan fingerprint density at radius 3 is 1.70 bits per heavy atom. The first kappa shape index (κ1) is 104. The highest BCUT2D eigenvalue weighted by atomic mass is 32.2. The van der Waals surface area contributed by atoms with E-state index in [2.05, 4.69) is 41.9 Å². The number of fused-ring (bicyclic) bond motifs is 1. The van der Waals surface area contributed by atoms with Gasteiger partial charge in [-0.25, -0.2) is 13.2 Å². The van der Waals surface area contributed by atoms with Crippen molar-refractivity contribution in [2.75, 3.05) is 66.4 Å². The fourth-order valence-corrected chi connectivity index (χ4v) is 16.7. The number of amides is 12. The Morgan fingerprint density at radius 2 is 1.08 bits per heavy atom. The van der Waals surface area contributed by atoms with Gasteiger partial charge in [0.1, 0.15) is 53.8 Å². The van der Waals surface area contributed by atoms with Crippen LogP contribution in [0.15, 0.2) is 152 Å². The maximum Gasteiger partial charge on any atom is 0.304 e. The van der Waals surface area contributed by atoms with E-state index in [1.807, 2.05) is 12.1 Å². The van der Waals surface area contributed by atoms with Crippen LogP contribution in [0.3, 0.4) is 0 Å². The molecular formula is C96H119F3N14O18S. The number of thioether (sulfide) groups is 1. The van der Waals surface area contributed by atoms with Gasteiger partial charge < -0.3 is 77.3 Å².